The second kappa shape index (κ2) is 4.96. The van der Waals surface area contributed by atoms with Gasteiger partial charge in [0.2, 0.25) is 0 Å². The van der Waals surface area contributed by atoms with Crippen LogP contribution in [0.1, 0.15) is 12.0 Å². The summed E-state index contributed by atoms with van der Waals surface area (Å²) in [6.07, 6.45) is -0.169. The second-order valence-corrected chi connectivity index (χ2v) is 4.91. The first-order valence-electron chi connectivity index (χ1n) is 6.44. The number of hydrogen-bond acceptors (Lipinski definition) is 6. The van der Waals surface area contributed by atoms with Gasteiger partial charge in [-0.25, -0.2) is 0 Å². The van der Waals surface area contributed by atoms with Gasteiger partial charge in [-0.15, -0.1) is 0 Å². The maximum atomic E-state index is 10.5. The van der Waals surface area contributed by atoms with Crippen molar-refractivity contribution in [1.82, 2.24) is 0 Å². The van der Waals surface area contributed by atoms with Crippen LogP contribution in [0.15, 0.2) is 23.4 Å². The molecule has 0 saturated carbocycles. The Morgan fingerprint density at radius 3 is 2.75 bits per heavy atom. The Balaban J connectivity index is 1.90. The van der Waals surface area contributed by atoms with Gasteiger partial charge in [0, 0.05) is 12.0 Å². The molecule has 0 amide bonds. The second-order valence-electron chi connectivity index (χ2n) is 4.91. The van der Waals surface area contributed by atoms with Crippen molar-refractivity contribution >= 4 is 5.71 Å². The van der Waals surface area contributed by atoms with Gasteiger partial charge in [-0.3, -0.25) is 0 Å². The van der Waals surface area contributed by atoms with Crippen molar-refractivity contribution in [3.05, 3.63) is 23.8 Å². The quantitative estimate of drug-likeness (QED) is 0.892. The number of aliphatic hydroxyl groups is 1. The van der Waals surface area contributed by atoms with E-state index in [0.29, 0.717) is 36.8 Å². The third-order valence-electron chi connectivity index (χ3n) is 3.78. The lowest BCUT2D eigenvalue weighted by Gasteiger charge is -2.23. The zero-order valence-corrected chi connectivity index (χ0v) is 11.5. The van der Waals surface area contributed by atoms with Crippen LogP contribution in [0.2, 0.25) is 0 Å². The van der Waals surface area contributed by atoms with Crippen LogP contribution in [-0.4, -0.2) is 50.0 Å². The van der Waals surface area contributed by atoms with Crippen molar-refractivity contribution in [3.8, 4) is 11.5 Å². The summed E-state index contributed by atoms with van der Waals surface area (Å²) in [5.74, 6) is 1.22. The van der Waals surface area contributed by atoms with E-state index >= 15 is 0 Å². The summed E-state index contributed by atoms with van der Waals surface area (Å²) >= 11 is 0. The molecular formula is C14H17NO5. The van der Waals surface area contributed by atoms with Crippen LogP contribution >= 0.6 is 0 Å². The van der Waals surface area contributed by atoms with Crippen LogP contribution < -0.4 is 9.47 Å². The highest BCUT2D eigenvalue weighted by atomic mass is 16.7. The smallest absolute Gasteiger partial charge is 0.194 e. The summed E-state index contributed by atoms with van der Waals surface area (Å²) in [5, 5.41) is 14.5. The molecule has 20 heavy (non-hydrogen) atoms. The molecule has 2 aliphatic heterocycles. The lowest BCUT2D eigenvalue weighted by atomic mass is 9.90. The molecule has 1 N–H and O–H groups in total. The van der Waals surface area contributed by atoms with E-state index in [4.69, 9.17) is 19.0 Å². The van der Waals surface area contributed by atoms with Crippen LogP contribution in [-0.2, 0) is 9.57 Å². The van der Waals surface area contributed by atoms with E-state index in [1.807, 2.05) is 6.07 Å². The Labute approximate surface area is 116 Å². The molecule has 2 heterocycles. The number of rotatable bonds is 3. The van der Waals surface area contributed by atoms with Crippen molar-refractivity contribution in [2.75, 3.05) is 27.4 Å². The van der Waals surface area contributed by atoms with Gasteiger partial charge in [0.25, 0.3) is 0 Å². The van der Waals surface area contributed by atoms with Gasteiger partial charge in [-0.05, 0) is 18.2 Å². The SMILES string of the molecule is COc1ccc(C2=NOC3(CCOC3)C2O)cc1OC. The third kappa shape index (κ3) is 1.92. The van der Waals surface area contributed by atoms with E-state index in [9.17, 15) is 5.11 Å². The molecule has 1 aromatic rings. The third-order valence-corrected chi connectivity index (χ3v) is 3.78. The zero-order valence-electron chi connectivity index (χ0n) is 11.5. The average Bonchev–Trinajstić information content (AvgIpc) is 3.08. The van der Waals surface area contributed by atoms with Gasteiger partial charge in [0.15, 0.2) is 17.1 Å². The van der Waals surface area contributed by atoms with Crippen molar-refractivity contribution in [2.45, 2.75) is 18.1 Å². The van der Waals surface area contributed by atoms with Gasteiger partial charge in [0.1, 0.15) is 11.8 Å². The maximum Gasteiger partial charge on any atom is 0.194 e. The highest BCUT2D eigenvalue weighted by molar-refractivity contribution is 6.05. The molecule has 1 aromatic carbocycles. The van der Waals surface area contributed by atoms with Crippen LogP contribution in [0.25, 0.3) is 0 Å². The van der Waals surface area contributed by atoms with E-state index in [0.717, 1.165) is 5.56 Å². The predicted octanol–water partition coefficient (Wildman–Crippen LogP) is 0.958. The Morgan fingerprint density at radius 2 is 2.10 bits per heavy atom. The fourth-order valence-electron chi connectivity index (χ4n) is 2.54. The van der Waals surface area contributed by atoms with Crippen molar-refractivity contribution in [2.24, 2.45) is 5.16 Å². The van der Waals surface area contributed by atoms with Crippen LogP contribution in [0.5, 0.6) is 11.5 Å². The summed E-state index contributed by atoms with van der Waals surface area (Å²) < 4.78 is 15.8. The van der Waals surface area contributed by atoms with Crippen molar-refractivity contribution in [3.63, 3.8) is 0 Å². The minimum Gasteiger partial charge on any atom is -0.493 e. The first kappa shape index (κ1) is 13.2. The number of nitrogens with zero attached hydrogens (tertiary/aromatic N) is 1. The zero-order chi connectivity index (χ0) is 14.2. The topological polar surface area (TPSA) is 69.5 Å². The number of ether oxygens (including phenoxy) is 3. The van der Waals surface area contributed by atoms with Crippen LogP contribution in [0, 0.1) is 0 Å². The van der Waals surface area contributed by atoms with Gasteiger partial charge in [0.05, 0.1) is 27.4 Å². The first-order valence-corrected chi connectivity index (χ1v) is 6.44. The molecule has 1 saturated heterocycles. The summed E-state index contributed by atoms with van der Waals surface area (Å²) in [7, 11) is 3.14. The number of oxime groups is 1. The summed E-state index contributed by atoms with van der Waals surface area (Å²) in [6.45, 7) is 0.931. The highest BCUT2D eigenvalue weighted by Gasteiger charge is 2.51. The van der Waals surface area contributed by atoms with Gasteiger partial charge >= 0.3 is 0 Å². The van der Waals surface area contributed by atoms with E-state index in [2.05, 4.69) is 5.16 Å². The van der Waals surface area contributed by atoms with Crippen molar-refractivity contribution < 1.29 is 24.2 Å². The van der Waals surface area contributed by atoms with E-state index in [-0.39, 0.29) is 0 Å². The lowest BCUT2D eigenvalue weighted by Crippen LogP contribution is -2.44. The Morgan fingerprint density at radius 1 is 1.30 bits per heavy atom. The molecule has 2 atom stereocenters. The van der Waals surface area contributed by atoms with Gasteiger partial charge in [-0.1, -0.05) is 5.16 Å². The first-order chi connectivity index (χ1) is 9.70. The molecule has 1 fully saturated rings. The van der Waals surface area contributed by atoms with Crippen molar-refractivity contribution in [1.29, 1.82) is 0 Å². The molecule has 3 rings (SSSR count). The van der Waals surface area contributed by atoms with Crippen LogP contribution in [0.3, 0.4) is 0 Å². The number of hydrogen-bond donors (Lipinski definition) is 1. The predicted molar refractivity (Wildman–Crippen MR) is 71.3 cm³/mol. The number of aliphatic hydroxyl groups excluding tert-OH is 1. The van der Waals surface area contributed by atoms with E-state index in [1.54, 1.807) is 26.4 Å². The van der Waals surface area contributed by atoms with Gasteiger partial charge in [-0.2, -0.15) is 0 Å². The molecule has 6 heteroatoms. The fraction of sp³-hybridized carbons (Fsp3) is 0.500. The Kier molecular flexibility index (Phi) is 3.27. The molecular weight excluding hydrogens is 262 g/mol. The summed E-state index contributed by atoms with van der Waals surface area (Å²) in [6, 6.07) is 5.38. The average molecular weight is 279 g/mol. The lowest BCUT2D eigenvalue weighted by molar-refractivity contribution is -0.0765. The highest BCUT2D eigenvalue weighted by Crippen LogP contribution is 2.36. The normalized spacial score (nSPS) is 28.4. The fourth-order valence-corrected chi connectivity index (χ4v) is 2.54. The molecule has 2 unspecified atom stereocenters. The standard InChI is InChI=1S/C14H17NO5/c1-17-10-4-3-9(7-11(10)18-2)12-13(16)14(20-15-12)5-6-19-8-14/h3-4,7,13,16H,5-6,8H2,1-2H3. The minimum absolute atomic E-state index is 0.356. The molecule has 0 aromatic heterocycles. The Bertz CT molecular complexity index is 536. The number of methoxy groups -OCH3 is 2. The van der Waals surface area contributed by atoms with Gasteiger partial charge < -0.3 is 24.2 Å². The molecule has 0 bridgehead atoms. The maximum absolute atomic E-state index is 10.5. The molecule has 6 nitrogen and oxygen atoms in total. The number of benzene rings is 1. The minimum atomic E-state index is -0.803. The van der Waals surface area contributed by atoms with Crippen LogP contribution in [0.4, 0.5) is 0 Å². The summed E-state index contributed by atoms with van der Waals surface area (Å²) in [5.41, 5.74) is 0.512. The monoisotopic (exact) mass is 279 g/mol. The molecule has 0 aliphatic carbocycles. The largest absolute Gasteiger partial charge is 0.493 e. The molecule has 1 spiro atoms. The Hall–Kier alpha value is -1.79. The van der Waals surface area contributed by atoms with E-state index < -0.39 is 11.7 Å². The molecule has 0 radical (unpaired) electrons. The summed E-state index contributed by atoms with van der Waals surface area (Å²) in [4.78, 5) is 5.45. The molecule has 2 aliphatic rings. The van der Waals surface area contributed by atoms with E-state index in [1.165, 1.54) is 0 Å². The molecule has 108 valence electrons.